The molecule has 1 heterocycles. The van der Waals surface area contributed by atoms with Gasteiger partial charge in [-0.2, -0.15) is 0 Å². The van der Waals surface area contributed by atoms with Gasteiger partial charge in [0.2, 0.25) is 5.91 Å². The lowest BCUT2D eigenvalue weighted by molar-refractivity contribution is -0.126. The van der Waals surface area contributed by atoms with Gasteiger partial charge in [0.25, 0.3) is 0 Å². The molecule has 1 aliphatic rings. The molecule has 0 radical (unpaired) electrons. The van der Waals surface area contributed by atoms with Crippen molar-refractivity contribution >= 4 is 28.5 Å². The van der Waals surface area contributed by atoms with Gasteiger partial charge in [-0.1, -0.05) is 83.4 Å². The highest BCUT2D eigenvalue weighted by molar-refractivity contribution is 5.98. The number of aromatic nitrogens is 1. The summed E-state index contributed by atoms with van der Waals surface area (Å²) in [5.74, 6) is 0.877. The summed E-state index contributed by atoms with van der Waals surface area (Å²) in [6.07, 6.45) is 8.37. The number of H-pyrrole nitrogens is 1. The molecule has 1 aliphatic carbocycles. The molecule has 4 rings (SSSR count). The number of carbonyl (C=O) groups is 2. The van der Waals surface area contributed by atoms with Crippen molar-refractivity contribution < 1.29 is 9.59 Å². The fourth-order valence-corrected chi connectivity index (χ4v) is 5.98. The predicted octanol–water partition coefficient (Wildman–Crippen LogP) is 7.26. The van der Waals surface area contributed by atoms with Gasteiger partial charge in [-0.25, -0.2) is 4.79 Å². The molecule has 6 heteroatoms. The average molecular weight is 531 g/mol. The number of rotatable bonds is 9. The van der Waals surface area contributed by atoms with Crippen LogP contribution < -0.4 is 15.5 Å². The minimum absolute atomic E-state index is 0.138. The zero-order valence-corrected chi connectivity index (χ0v) is 24.6. The molecule has 210 valence electrons. The van der Waals surface area contributed by atoms with Gasteiger partial charge in [0.15, 0.2) is 0 Å². The van der Waals surface area contributed by atoms with Crippen LogP contribution in [0.1, 0.15) is 95.2 Å². The molecular formula is C33H46N4O2. The topological polar surface area (TPSA) is 77.2 Å². The number of nitrogens with zero attached hydrogens (tertiary/aromatic N) is 1. The van der Waals surface area contributed by atoms with E-state index in [-0.39, 0.29) is 23.8 Å². The van der Waals surface area contributed by atoms with Crippen molar-refractivity contribution in [3.05, 3.63) is 65.4 Å². The van der Waals surface area contributed by atoms with Crippen LogP contribution in [0.15, 0.2) is 48.7 Å². The van der Waals surface area contributed by atoms with E-state index in [1.54, 1.807) is 4.90 Å². The predicted molar refractivity (Wildman–Crippen MR) is 162 cm³/mol. The molecule has 1 aromatic heterocycles. The number of fused-ring (bicyclic) bond motifs is 1. The van der Waals surface area contributed by atoms with Gasteiger partial charge >= 0.3 is 6.03 Å². The highest BCUT2D eigenvalue weighted by Gasteiger charge is 2.37. The first-order valence-electron chi connectivity index (χ1n) is 14.6. The molecule has 1 unspecified atom stereocenters. The average Bonchev–Trinajstić information content (AvgIpc) is 3.33. The maximum Gasteiger partial charge on any atom is 0.322 e. The van der Waals surface area contributed by atoms with Crippen LogP contribution in [-0.4, -0.2) is 36.1 Å². The van der Waals surface area contributed by atoms with Crippen LogP contribution in [0, 0.1) is 5.92 Å². The molecule has 0 bridgehead atoms. The van der Waals surface area contributed by atoms with Gasteiger partial charge in [0.05, 0.1) is 5.69 Å². The van der Waals surface area contributed by atoms with E-state index in [0.29, 0.717) is 18.9 Å². The summed E-state index contributed by atoms with van der Waals surface area (Å²) in [4.78, 5) is 32.8. The molecule has 6 nitrogen and oxygen atoms in total. The molecule has 1 fully saturated rings. The molecule has 1 atom stereocenters. The van der Waals surface area contributed by atoms with Crippen LogP contribution in [0.3, 0.4) is 0 Å². The summed E-state index contributed by atoms with van der Waals surface area (Å²) in [5, 5.41) is 7.46. The first kappa shape index (κ1) is 28.7. The Kier molecular flexibility index (Phi) is 9.04. The van der Waals surface area contributed by atoms with Gasteiger partial charge in [-0.05, 0) is 60.3 Å². The second kappa shape index (κ2) is 12.3. The molecule has 0 spiro atoms. The molecule has 0 saturated heterocycles. The molecule has 1 saturated carbocycles. The van der Waals surface area contributed by atoms with Crippen molar-refractivity contribution in [2.24, 2.45) is 5.92 Å². The van der Waals surface area contributed by atoms with Crippen molar-refractivity contribution in [3.63, 3.8) is 0 Å². The van der Waals surface area contributed by atoms with Crippen LogP contribution in [0.5, 0.6) is 0 Å². The minimum atomic E-state index is -1.13. The van der Waals surface area contributed by atoms with E-state index in [1.165, 1.54) is 19.3 Å². The maximum atomic E-state index is 13.9. The standard InChI is InChI=1S/C33H46N4O2/c1-22(2)26-16-12-17-27(23(3)4)30(26)37(6)32(39)36-33(5,31(38)35-20-24-13-8-7-9-14-24)19-25-21-34-29-18-11-10-15-28(25)29/h10-12,15-18,21-24,34H,7-9,13-14,19-20H2,1-6H3,(H,35,38)(H,36,39). The molecule has 39 heavy (non-hydrogen) atoms. The Morgan fingerprint density at radius 1 is 0.974 bits per heavy atom. The number of urea groups is 1. The smallest absolute Gasteiger partial charge is 0.322 e. The fraction of sp³-hybridized carbons (Fsp3) is 0.515. The van der Waals surface area contributed by atoms with E-state index in [9.17, 15) is 9.59 Å². The molecule has 3 N–H and O–H groups in total. The minimum Gasteiger partial charge on any atom is -0.361 e. The van der Waals surface area contributed by atoms with Crippen molar-refractivity contribution in [1.82, 2.24) is 15.6 Å². The number of hydrogen-bond acceptors (Lipinski definition) is 2. The van der Waals surface area contributed by atoms with Crippen molar-refractivity contribution in [2.75, 3.05) is 18.5 Å². The van der Waals surface area contributed by atoms with Crippen LogP contribution in [0.4, 0.5) is 10.5 Å². The summed E-state index contributed by atoms with van der Waals surface area (Å²) in [5.41, 5.74) is 4.08. The summed E-state index contributed by atoms with van der Waals surface area (Å²) in [6.45, 7) is 11.1. The zero-order valence-electron chi connectivity index (χ0n) is 24.6. The number of aromatic amines is 1. The lowest BCUT2D eigenvalue weighted by Gasteiger charge is -2.34. The molecule has 2 aromatic carbocycles. The Bertz CT molecular complexity index is 1260. The van der Waals surface area contributed by atoms with Gasteiger partial charge in [0.1, 0.15) is 5.54 Å². The first-order valence-corrected chi connectivity index (χ1v) is 14.6. The van der Waals surface area contributed by atoms with Crippen LogP contribution in [0.2, 0.25) is 0 Å². The third-order valence-electron chi connectivity index (χ3n) is 8.36. The number of nitrogens with one attached hydrogen (secondary N) is 3. The maximum absolute atomic E-state index is 13.9. The van der Waals surface area contributed by atoms with E-state index in [4.69, 9.17) is 0 Å². The largest absolute Gasteiger partial charge is 0.361 e. The SMILES string of the molecule is CC(C)c1cccc(C(C)C)c1N(C)C(=O)NC(C)(Cc1c[nH]c2ccccc12)C(=O)NCC1CCCCC1. The lowest BCUT2D eigenvalue weighted by Crippen LogP contribution is -2.61. The molecule has 0 aliphatic heterocycles. The fourth-order valence-electron chi connectivity index (χ4n) is 5.98. The lowest BCUT2D eigenvalue weighted by atomic mass is 9.88. The van der Waals surface area contributed by atoms with E-state index < -0.39 is 5.54 Å². The quantitative estimate of drug-likeness (QED) is 0.272. The third-order valence-corrected chi connectivity index (χ3v) is 8.36. The van der Waals surface area contributed by atoms with E-state index >= 15 is 0 Å². The monoisotopic (exact) mass is 530 g/mol. The van der Waals surface area contributed by atoms with E-state index in [2.05, 4.69) is 67.6 Å². The Morgan fingerprint density at radius 3 is 2.26 bits per heavy atom. The Balaban J connectivity index is 1.63. The highest BCUT2D eigenvalue weighted by Crippen LogP contribution is 2.35. The Labute approximate surface area is 233 Å². The number of amides is 3. The highest BCUT2D eigenvalue weighted by atomic mass is 16.2. The second-order valence-electron chi connectivity index (χ2n) is 12.2. The first-order chi connectivity index (χ1) is 18.6. The van der Waals surface area contributed by atoms with Gasteiger partial charge < -0.3 is 15.6 Å². The second-order valence-corrected chi connectivity index (χ2v) is 12.2. The molecular weight excluding hydrogens is 484 g/mol. The van der Waals surface area contributed by atoms with Crippen LogP contribution in [0.25, 0.3) is 10.9 Å². The number of benzene rings is 2. The van der Waals surface area contributed by atoms with Crippen molar-refractivity contribution in [1.29, 1.82) is 0 Å². The van der Waals surface area contributed by atoms with E-state index in [1.807, 2.05) is 38.4 Å². The summed E-state index contributed by atoms with van der Waals surface area (Å²) in [7, 11) is 1.81. The number of hydrogen-bond donors (Lipinski definition) is 3. The van der Waals surface area contributed by atoms with Crippen molar-refractivity contribution in [3.8, 4) is 0 Å². The van der Waals surface area contributed by atoms with Gasteiger partial charge in [-0.3, -0.25) is 9.69 Å². The summed E-state index contributed by atoms with van der Waals surface area (Å²) in [6, 6.07) is 14.1. The van der Waals surface area contributed by atoms with Gasteiger partial charge in [0, 0.05) is 37.1 Å². The third kappa shape index (κ3) is 6.48. The van der Waals surface area contributed by atoms with Gasteiger partial charge in [-0.15, -0.1) is 0 Å². The zero-order chi connectivity index (χ0) is 28.2. The van der Waals surface area contributed by atoms with Crippen molar-refractivity contribution in [2.45, 2.75) is 90.5 Å². The van der Waals surface area contributed by atoms with Crippen LogP contribution >= 0.6 is 0 Å². The Hall–Kier alpha value is -3.28. The summed E-state index contributed by atoms with van der Waals surface area (Å²) >= 11 is 0. The van der Waals surface area contributed by atoms with E-state index in [0.717, 1.165) is 46.1 Å². The normalized spacial score (nSPS) is 15.9. The Morgan fingerprint density at radius 2 is 1.62 bits per heavy atom. The molecule has 3 amide bonds. The number of carbonyl (C=O) groups excluding carboxylic acids is 2. The molecule has 3 aromatic rings. The van der Waals surface area contributed by atoms with Crippen LogP contribution in [-0.2, 0) is 11.2 Å². The summed E-state index contributed by atoms with van der Waals surface area (Å²) < 4.78 is 0. The number of para-hydroxylation sites is 2. The number of anilines is 1.